The summed E-state index contributed by atoms with van der Waals surface area (Å²) in [6.45, 7) is 0.692. The molecule has 1 fully saturated rings. The predicted octanol–water partition coefficient (Wildman–Crippen LogP) is 1.98. The van der Waals surface area contributed by atoms with Crippen LogP contribution in [0.5, 0.6) is 0 Å². The van der Waals surface area contributed by atoms with Crippen molar-refractivity contribution in [3.05, 3.63) is 30.1 Å². The molecule has 11 heteroatoms. The van der Waals surface area contributed by atoms with E-state index in [1.54, 1.807) is 32.6 Å². The zero-order chi connectivity index (χ0) is 22.5. The lowest BCUT2D eigenvalue weighted by molar-refractivity contribution is 0.410. The number of aromatic amines is 1. The number of aromatic nitrogens is 4. The number of H-pyrrole nitrogens is 1. The third-order valence-corrected chi connectivity index (χ3v) is 8.16. The van der Waals surface area contributed by atoms with Crippen molar-refractivity contribution in [2.24, 2.45) is 5.73 Å². The van der Waals surface area contributed by atoms with Gasteiger partial charge in [0, 0.05) is 38.4 Å². The Kier molecular flexibility index (Phi) is 5.26. The maximum Gasteiger partial charge on any atom is 0.242 e. The molecule has 0 atom stereocenters. The van der Waals surface area contributed by atoms with Gasteiger partial charge in [0.2, 0.25) is 16.0 Å². The SMILES string of the molecule is CN(C)S(=O)(=O)c1ccc2c(c1)CCN2c1nc(NC2CCC(N)CC2)nc2[nH]cnc12. The van der Waals surface area contributed by atoms with E-state index in [1.165, 1.54) is 4.31 Å². The van der Waals surface area contributed by atoms with Gasteiger partial charge < -0.3 is 20.9 Å². The number of fused-ring (bicyclic) bond motifs is 2. The molecule has 0 radical (unpaired) electrons. The molecule has 32 heavy (non-hydrogen) atoms. The minimum Gasteiger partial charge on any atom is -0.351 e. The van der Waals surface area contributed by atoms with Crippen LogP contribution in [0.15, 0.2) is 29.4 Å². The second-order valence-electron chi connectivity index (χ2n) is 8.71. The van der Waals surface area contributed by atoms with Crippen molar-refractivity contribution in [3.8, 4) is 0 Å². The molecule has 1 aliphatic heterocycles. The average Bonchev–Trinajstić information content (AvgIpc) is 3.41. The molecule has 0 spiro atoms. The first-order valence-electron chi connectivity index (χ1n) is 10.9. The summed E-state index contributed by atoms with van der Waals surface area (Å²) in [7, 11) is -0.400. The van der Waals surface area contributed by atoms with Gasteiger partial charge in [0.25, 0.3) is 0 Å². The molecule has 4 N–H and O–H groups in total. The van der Waals surface area contributed by atoms with E-state index in [2.05, 4.69) is 25.2 Å². The largest absolute Gasteiger partial charge is 0.351 e. The lowest BCUT2D eigenvalue weighted by atomic mass is 9.92. The second kappa shape index (κ2) is 7.98. The van der Waals surface area contributed by atoms with Crippen LogP contribution >= 0.6 is 0 Å². The van der Waals surface area contributed by atoms with Gasteiger partial charge in [0.15, 0.2) is 17.0 Å². The third kappa shape index (κ3) is 3.70. The summed E-state index contributed by atoms with van der Waals surface area (Å²) in [5.41, 5.74) is 9.33. The Hall–Kier alpha value is -2.76. The van der Waals surface area contributed by atoms with Crippen LogP contribution in [0.25, 0.3) is 11.2 Å². The topological polar surface area (TPSA) is 133 Å². The number of anilines is 3. The normalized spacial score (nSPS) is 21.3. The highest BCUT2D eigenvalue weighted by molar-refractivity contribution is 7.89. The molecule has 5 rings (SSSR count). The molecule has 0 saturated heterocycles. The molecule has 10 nitrogen and oxygen atoms in total. The monoisotopic (exact) mass is 456 g/mol. The number of nitrogens with two attached hydrogens (primary N) is 1. The van der Waals surface area contributed by atoms with E-state index in [0.29, 0.717) is 40.4 Å². The molecule has 1 saturated carbocycles. The van der Waals surface area contributed by atoms with Crippen LogP contribution in [0.3, 0.4) is 0 Å². The van der Waals surface area contributed by atoms with Crippen molar-refractivity contribution in [2.75, 3.05) is 30.9 Å². The minimum absolute atomic E-state index is 0.280. The lowest BCUT2D eigenvalue weighted by Gasteiger charge is -2.27. The van der Waals surface area contributed by atoms with Crippen molar-refractivity contribution < 1.29 is 8.42 Å². The number of benzene rings is 1. The van der Waals surface area contributed by atoms with Gasteiger partial charge in [0.05, 0.1) is 11.2 Å². The summed E-state index contributed by atoms with van der Waals surface area (Å²) in [5.74, 6) is 1.28. The van der Waals surface area contributed by atoms with Crippen molar-refractivity contribution in [2.45, 2.75) is 49.1 Å². The number of hydrogen-bond donors (Lipinski definition) is 3. The summed E-state index contributed by atoms with van der Waals surface area (Å²) in [4.78, 5) is 19.4. The fourth-order valence-electron chi connectivity index (χ4n) is 4.49. The first-order valence-corrected chi connectivity index (χ1v) is 12.3. The average molecular weight is 457 g/mol. The van der Waals surface area contributed by atoms with Crippen molar-refractivity contribution in [1.82, 2.24) is 24.2 Å². The molecule has 1 aromatic carbocycles. The number of nitrogens with zero attached hydrogens (tertiary/aromatic N) is 5. The minimum atomic E-state index is -3.48. The highest BCUT2D eigenvalue weighted by Gasteiger charge is 2.28. The Labute approximate surface area is 187 Å². The Morgan fingerprint density at radius 3 is 2.72 bits per heavy atom. The Morgan fingerprint density at radius 2 is 1.97 bits per heavy atom. The highest BCUT2D eigenvalue weighted by Crippen LogP contribution is 2.38. The maximum absolute atomic E-state index is 12.5. The fourth-order valence-corrected chi connectivity index (χ4v) is 5.44. The standard InChI is InChI=1S/C21H28N8O2S/c1-28(2)32(30,31)16-7-8-17-13(11-16)9-10-29(17)20-18-19(24-12-23-18)26-21(27-20)25-15-5-3-14(22)4-6-15/h7-8,11-12,14-15H,3-6,9-10,22H2,1-2H3,(H2,23,24,25,26,27). The van der Waals surface area contributed by atoms with Gasteiger partial charge in [-0.3, -0.25) is 0 Å². The van der Waals surface area contributed by atoms with Crippen molar-refractivity contribution >= 4 is 38.6 Å². The molecule has 0 unspecified atom stereocenters. The van der Waals surface area contributed by atoms with E-state index in [4.69, 9.17) is 10.7 Å². The summed E-state index contributed by atoms with van der Waals surface area (Å²) < 4.78 is 26.3. The molecule has 3 aromatic rings. The molecule has 3 heterocycles. The van der Waals surface area contributed by atoms with E-state index in [9.17, 15) is 8.42 Å². The number of rotatable bonds is 5. The Morgan fingerprint density at radius 1 is 1.19 bits per heavy atom. The van der Waals surface area contributed by atoms with Gasteiger partial charge in [-0.1, -0.05) is 0 Å². The molecular formula is C21H28N8O2S. The first-order chi connectivity index (χ1) is 15.3. The van der Waals surface area contributed by atoms with Crippen LogP contribution in [0, 0.1) is 0 Å². The van der Waals surface area contributed by atoms with Gasteiger partial charge in [0.1, 0.15) is 0 Å². The van der Waals surface area contributed by atoms with Gasteiger partial charge >= 0.3 is 0 Å². The maximum atomic E-state index is 12.5. The van der Waals surface area contributed by atoms with E-state index < -0.39 is 10.0 Å². The number of nitrogens with one attached hydrogen (secondary N) is 2. The van der Waals surface area contributed by atoms with Crippen LogP contribution in [0.4, 0.5) is 17.5 Å². The van der Waals surface area contributed by atoms with E-state index >= 15 is 0 Å². The van der Waals surface area contributed by atoms with Crippen LogP contribution in [0.1, 0.15) is 31.2 Å². The summed E-state index contributed by atoms with van der Waals surface area (Å²) in [6, 6.07) is 5.85. The molecule has 0 bridgehead atoms. The van der Waals surface area contributed by atoms with E-state index in [-0.39, 0.29) is 6.04 Å². The first kappa shape index (κ1) is 21.1. The number of sulfonamides is 1. The number of imidazole rings is 1. The molecule has 1 aliphatic carbocycles. The van der Waals surface area contributed by atoms with Crippen LogP contribution in [-0.2, 0) is 16.4 Å². The summed E-state index contributed by atoms with van der Waals surface area (Å²) in [6.07, 6.45) is 6.33. The quantitative estimate of drug-likeness (QED) is 0.531. The zero-order valence-electron chi connectivity index (χ0n) is 18.2. The number of hydrogen-bond acceptors (Lipinski definition) is 8. The lowest BCUT2D eigenvalue weighted by Crippen LogP contribution is -2.33. The van der Waals surface area contributed by atoms with Gasteiger partial charge in [-0.05, 0) is 55.9 Å². The summed E-state index contributed by atoms with van der Waals surface area (Å²) in [5, 5.41) is 3.48. The summed E-state index contributed by atoms with van der Waals surface area (Å²) >= 11 is 0. The molecular weight excluding hydrogens is 428 g/mol. The molecule has 2 aromatic heterocycles. The Bertz CT molecular complexity index is 1250. The van der Waals surface area contributed by atoms with Gasteiger partial charge in [-0.2, -0.15) is 9.97 Å². The predicted molar refractivity (Wildman–Crippen MR) is 124 cm³/mol. The van der Waals surface area contributed by atoms with Gasteiger partial charge in [-0.15, -0.1) is 0 Å². The Balaban J connectivity index is 1.49. The van der Waals surface area contributed by atoms with Crippen molar-refractivity contribution in [1.29, 1.82) is 0 Å². The third-order valence-electron chi connectivity index (χ3n) is 6.35. The van der Waals surface area contributed by atoms with Crippen molar-refractivity contribution in [3.63, 3.8) is 0 Å². The van der Waals surface area contributed by atoms with E-state index in [1.807, 2.05) is 6.07 Å². The highest BCUT2D eigenvalue weighted by atomic mass is 32.2. The fraction of sp³-hybridized carbons (Fsp3) is 0.476. The second-order valence-corrected chi connectivity index (χ2v) is 10.9. The molecule has 2 aliphatic rings. The van der Waals surface area contributed by atoms with E-state index in [0.717, 1.165) is 43.4 Å². The zero-order valence-corrected chi connectivity index (χ0v) is 19.1. The molecule has 0 amide bonds. The van der Waals surface area contributed by atoms with Crippen LogP contribution in [0.2, 0.25) is 0 Å². The molecule has 170 valence electrons. The van der Waals surface area contributed by atoms with Crippen LogP contribution in [-0.4, -0.2) is 65.4 Å². The smallest absolute Gasteiger partial charge is 0.242 e. The van der Waals surface area contributed by atoms with Crippen LogP contribution < -0.4 is 16.0 Å². The van der Waals surface area contributed by atoms with Gasteiger partial charge in [-0.25, -0.2) is 17.7 Å².